The third kappa shape index (κ3) is 14.1. The van der Waals surface area contributed by atoms with Crippen LogP contribution in [0.1, 0.15) is 122 Å². The Morgan fingerprint density at radius 2 is 0.603 bits per heavy atom. The molecule has 0 bridgehead atoms. The molecule has 73 heavy (non-hydrogen) atoms. The third-order valence-electron chi connectivity index (χ3n) is 14.5. The molecule has 10 nitrogen and oxygen atoms in total. The average molecular weight is 987 g/mol. The lowest BCUT2D eigenvalue weighted by atomic mass is 9.98. The van der Waals surface area contributed by atoms with Gasteiger partial charge in [-0.2, -0.15) is 0 Å². The molecule has 10 heteroatoms. The van der Waals surface area contributed by atoms with Gasteiger partial charge in [0.15, 0.2) is 25.2 Å². The van der Waals surface area contributed by atoms with Crippen LogP contribution in [0.15, 0.2) is 133 Å². The van der Waals surface area contributed by atoms with Gasteiger partial charge in [0, 0.05) is 60.6 Å². The van der Waals surface area contributed by atoms with Crippen molar-refractivity contribution < 1.29 is 37.9 Å². The second-order valence-corrected chi connectivity index (χ2v) is 20.2. The van der Waals surface area contributed by atoms with E-state index >= 15 is 0 Å². The molecule has 4 aliphatic heterocycles. The van der Waals surface area contributed by atoms with E-state index in [0.29, 0.717) is 26.4 Å². The number of nitrogens with zero attached hydrogens (tertiary/aromatic N) is 2. The van der Waals surface area contributed by atoms with Crippen molar-refractivity contribution in [3.05, 3.63) is 178 Å². The standard InChI is InChI=1S/C63H74N2O8/c1-46-39-52(23-33-58(46)64(54-25-15-48(16-26-54)42-70-60-11-3-7-35-66-60)55-27-17-49(18-28-55)43-71-61-12-4-8-36-67-61)41-53-24-34-59(47(2)40-53)65(56-29-19-50(20-30-56)44-72-62-13-5-9-37-68-62)57-31-21-51(22-32-57)45-73-63-14-6-10-38-69-63/h15-34,39-40,60-63H,3-14,35-38,41-45H2,1-2H3. The second kappa shape index (κ2) is 25.7. The molecule has 4 atom stereocenters. The maximum Gasteiger partial charge on any atom is 0.158 e. The lowest BCUT2D eigenvalue weighted by Crippen LogP contribution is -2.22. The first-order valence-electron chi connectivity index (χ1n) is 27.1. The van der Waals surface area contributed by atoms with Crippen molar-refractivity contribution in [3.63, 3.8) is 0 Å². The summed E-state index contributed by atoms with van der Waals surface area (Å²) < 4.78 is 47.9. The van der Waals surface area contributed by atoms with Crippen molar-refractivity contribution in [2.45, 2.75) is 149 Å². The summed E-state index contributed by atoms with van der Waals surface area (Å²) in [5.41, 5.74) is 16.0. The quantitative estimate of drug-likeness (QED) is 0.0738. The summed E-state index contributed by atoms with van der Waals surface area (Å²) in [5, 5.41) is 0. The highest BCUT2D eigenvalue weighted by atomic mass is 16.7. The first-order valence-corrected chi connectivity index (χ1v) is 27.1. The van der Waals surface area contributed by atoms with Crippen LogP contribution in [0, 0.1) is 13.8 Å². The normalized spacial score (nSPS) is 20.4. The van der Waals surface area contributed by atoms with Gasteiger partial charge in [-0.05, 0) is 202 Å². The van der Waals surface area contributed by atoms with Crippen molar-refractivity contribution in [1.29, 1.82) is 0 Å². The molecule has 4 unspecified atom stereocenters. The molecule has 6 aromatic rings. The molecule has 384 valence electrons. The number of hydrogen-bond acceptors (Lipinski definition) is 10. The van der Waals surface area contributed by atoms with E-state index in [-0.39, 0.29) is 25.2 Å². The molecule has 0 radical (unpaired) electrons. The monoisotopic (exact) mass is 987 g/mol. The highest BCUT2D eigenvalue weighted by molar-refractivity contribution is 5.80. The largest absolute Gasteiger partial charge is 0.353 e. The van der Waals surface area contributed by atoms with Gasteiger partial charge in [-0.15, -0.1) is 0 Å². The van der Waals surface area contributed by atoms with E-state index in [9.17, 15) is 0 Å². The Labute approximate surface area is 433 Å². The number of benzene rings is 6. The van der Waals surface area contributed by atoms with Crippen LogP contribution in [-0.2, 0) is 70.7 Å². The highest BCUT2D eigenvalue weighted by Gasteiger charge is 2.21. The van der Waals surface area contributed by atoms with Gasteiger partial charge in [0.25, 0.3) is 0 Å². The predicted octanol–water partition coefficient (Wildman–Crippen LogP) is 15.0. The molecule has 4 saturated heterocycles. The number of rotatable bonds is 20. The van der Waals surface area contributed by atoms with E-state index in [1.165, 1.54) is 22.3 Å². The molecule has 4 fully saturated rings. The Morgan fingerprint density at radius 1 is 0.342 bits per heavy atom. The average Bonchev–Trinajstić information content (AvgIpc) is 3.44. The lowest BCUT2D eigenvalue weighted by Gasteiger charge is -2.28. The Bertz CT molecular complexity index is 2300. The van der Waals surface area contributed by atoms with Gasteiger partial charge in [0.05, 0.1) is 26.4 Å². The van der Waals surface area contributed by atoms with Crippen LogP contribution in [-0.4, -0.2) is 51.6 Å². The third-order valence-corrected chi connectivity index (χ3v) is 14.5. The van der Waals surface area contributed by atoms with Crippen LogP contribution in [0.2, 0.25) is 0 Å². The van der Waals surface area contributed by atoms with Crippen molar-refractivity contribution in [2.75, 3.05) is 36.2 Å². The van der Waals surface area contributed by atoms with Crippen LogP contribution in [0.25, 0.3) is 0 Å². The zero-order valence-corrected chi connectivity index (χ0v) is 43.0. The molecule has 0 aromatic heterocycles. The Kier molecular flexibility index (Phi) is 18.0. The van der Waals surface area contributed by atoms with Gasteiger partial charge >= 0.3 is 0 Å². The highest BCUT2D eigenvalue weighted by Crippen LogP contribution is 2.40. The van der Waals surface area contributed by atoms with E-state index in [0.717, 1.165) is 166 Å². The summed E-state index contributed by atoms with van der Waals surface area (Å²) in [5.74, 6) is 0. The Hall–Kier alpha value is -5.40. The summed E-state index contributed by atoms with van der Waals surface area (Å²) >= 11 is 0. The minimum atomic E-state index is -0.123. The van der Waals surface area contributed by atoms with Crippen molar-refractivity contribution in [3.8, 4) is 0 Å². The molecule has 6 aromatic carbocycles. The fourth-order valence-electron chi connectivity index (χ4n) is 10.3. The van der Waals surface area contributed by atoms with Gasteiger partial charge in [-0.1, -0.05) is 72.8 Å². The fourth-order valence-corrected chi connectivity index (χ4v) is 10.3. The molecule has 0 spiro atoms. The van der Waals surface area contributed by atoms with Crippen LogP contribution in [0.5, 0.6) is 0 Å². The molecule has 0 saturated carbocycles. The van der Waals surface area contributed by atoms with Gasteiger partial charge in [0.1, 0.15) is 0 Å². The van der Waals surface area contributed by atoms with E-state index in [4.69, 9.17) is 37.9 Å². The molecular formula is C63H74N2O8. The molecule has 4 aliphatic rings. The van der Waals surface area contributed by atoms with Crippen molar-refractivity contribution in [1.82, 2.24) is 0 Å². The first kappa shape index (κ1) is 51.1. The maximum atomic E-state index is 6.15. The number of ether oxygens (including phenoxy) is 8. The minimum Gasteiger partial charge on any atom is -0.353 e. The van der Waals surface area contributed by atoms with Crippen LogP contribution in [0.4, 0.5) is 34.1 Å². The minimum absolute atomic E-state index is 0.123. The van der Waals surface area contributed by atoms with E-state index in [2.05, 4.69) is 157 Å². The van der Waals surface area contributed by atoms with E-state index in [1.54, 1.807) is 0 Å². The summed E-state index contributed by atoms with van der Waals surface area (Å²) in [6, 6.07) is 48.8. The summed E-state index contributed by atoms with van der Waals surface area (Å²) in [7, 11) is 0. The zero-order valence-electron chi connectivity index (χ0n) is 43.0. The topological polar surface area (TPSA) is 80.3 Å². The van der Waals surface area contributed by atoms with Gasteiger partial charge in [-0.25, -0.2) is 0 Å². The zero-order chi connectivity index (χ0) is 49.6. The SMILES string of the molecule is Cc1cc(Cc2ccc(N(c3ccc(COC4CCCCO4)cc3)c3ccc(COC4CCCCO4)cc3)c(C)c2)ccc1N(c1ccc(COC2CCCCO2)cc1)c1ccc(COC2CCCCO2)cc1. The molecule has 10 rings (SSSR count). The van der Waals surface area contributed by atoms with E-state index in [1.807, 2.05) is 0 Å². The van der Waals surface area contributed by atoms with Gasteiger partial charge in [0.2, 0.25) is 0 Å². The molecule has 0 aliphatic carbocycles. The summed E-state index contributed by atoms with van der Waals surface area (Å²) in [6.45, 7) is 9.63. The molecule has 4 heterocycles. The van der Waals surface area contributed by atoms with E-state index < -0.39 is 0 Å². The molecule has 0 N–H and O–H groups in total. The Balaban J connectivity index is 0.870. The van der Waals surface area contributed by atoms with Crippen LogP contribution in [0.3, 0.4) is 0 Å². The van der Waals surface area contributed by atoms with Crippen molar-refractivity contribution >= 4 is 34.1 Å². The predicted molar refractivity (Wildman–Crippen MR) is 288 cm³/mol. The summed E-state index contributed by atoms with van der Waals surface area (Å²) in [4.78, 5) is 4.71. The lowest BCUT2D eigenvalue weighted by molar-refractivity contribution is -0.169. The fraction of sp³-hybridized carbons (Fsp3) is 0.429. The smallest absolute Gasteiger partial charge is 0.158 e. The van der Waals surface area contributed by atoms with Gasteiger partial charge in [-0.3, -0.25) is 0 Å². The Morgan fingerprint density at radius 3 is 0.836 bits per heavy atom. The maximum absolute atomic E-state index is 6.15. The first-order chi connectivity index (χ1) is 36.0. The summed E-state index contributed by atoms with van der Waals surface area (Å²) in [6.07, 6.45) is 13.1. The van der Waals surface area contributed by atoms with Crippen LogP contribution >= 0.6 is 0 Å². The number of hydrogen-bond donors (Lipinski definition) is 0. The number of anilines is 6. The van der Waals surface area contributed by atoms with Gasteiger partial charge < -0.3 is 47.7 Å². The second-order valence-electron chi connectivity index (χ2n) is 20.2. The van der Waals surface area contributed by atoms with Crippen LogP contribution < -0.4 is 9.80 Å². The number of aryl methyl sites for hydroxylation is 2. The van der Waals surface area contributed by atoms with Crippen molar-refractivity contribution in [2.24, 2.45) is 0 Å². The molecule has 0 amide bonds. The molecular weight excluding hydrogens is 913 g/mol.